The molecule has 1 atom stereocenters. The van der Waals surface area contributed by atoms with Crippen molar-refractivity contribution in [2.45, 2.75) is 13.8 Å². The van der Waals surface area contributed by atoms with Crippen LogP contribution in [0.25, 0.3) is 11.1 Å². The minimum Gasteiger partial charge on any atom is -0.238 e. The molecule has 0 aliphatic rings. The first-order valence-corrected chi connectivity index (χ1v) is 9.37. The maximum Gasteiger partial charge on any atom is 0.141 e. The maximum atomic E-state index is 2.23. The molecule has 0 radical (unpaired) electrons. The van der Waals surface area contributed by atoms with E-state index in [4.69, 9.17) is 0 Å². The van der Waals surface area contributed by atoms with E-state index in [1.54, 1.807) is 0 Å². The van der Waals surface area contributed by atoms with Gasteiger partial charge in [-0.3, -0.25) is 0 Å². The standard InChI is InChI=1S/C26H23N/c1-20-8-12-22(13-9-20)23-14-18-26(19-15-23)27(24-6-4-3-5-7-24)25-16-10-21(2)11-17-25/h3-19H,1-2H3/p+1. The number of para-hydroxylation sites is 1. The fraction of sp³-hybridized carbons (Fsp3) is 0.0769. The molecule has 0 aliphatic carbocycles. The molecule has 0 fully saturated rings. The molecule has 27 heavy (non-hydrogen) atoms. The van der Waals surface area contributed by atoms with E-state index in [2.05, 4.69) is 117 Å². The molecule has 132 valence electrons. The van der Waals surface area contributed by atoms with Crippen molar-refractivity contribution in [3.05, 3.63) is 114 Å². The number of benzene rings is 4. The van der Waals surface area contributed by atoms with Gasteiger partial charge >= 0.3 is 0 Å². The Morgan fingerprint density at radius 2 is 0.778 bits per heavy atom. The fourth-order valence-electron chi connectivity index (χ4n) is 3.40. The van der Waals surface area contributed by atoms with Gasteiger partial charge < -0.3 is 0 Å². The van der Waals surface area contributed by atoms with Crippen LogP contribution in [0.4, 0.5) is 17.1 Å². The molecule has 4 aromatic rings. The minimum absolute atomic E-state index is 1.24. The summed E-state index contributed by atoms with van der Waals surface area (Å²) in [6.45, 7) is 4.25. The van der Waals surface area contributed by atoms with E-state index < -0.39 is 0 Å². The van der Waals surface area contributed by atoms with Gasteiger partial charge in [0.25, 0.3) is 0 Å². The van der Waals surface area contributed by atoms with Crippen molar-refractivity contribution < 1.29 is 4.90 Å². The van der Waals surface area contributed by atoms with Crippen LogP contribution >= 0.6 is 0 Å². The summed E-state index contributed by atoms with van der Waals surface area (Å²) in [5.74, 6) is 0. The minimum atomic E-state index is 1.24. The summed E-state index contributed by atoms with van der Waals surface area (Å²) in [4.78, 5) is 1.27. The second-order valence-corrected chi connectivity index (χ2v) is 7.05. The van der Waals surface area contributed by atoms with E-state index in [1.807, 2.05) is 0 Å². The van der Waals surface area contributed by atoms with Crippen molar-refractivity contribution >= 4 is 17.1 Å². The number of rotatable bonds is 4. The molecule has 0 aromatic heterocycles. The molecule has 1 unspecified atom stereocenters. The van der Waals surface area contributed by atoms with Gasteiger partial charge in [0.1, 0.15) is 17.1 Å². The van der Waals surface area contributed by atoms with Gasteiger partial charge in [-0.05, 0) is 49.2 Å². The third kappa shape index (κ3) is 3.84. The average Bonchev–Trinajstić information content (AvgIpc) is 2.72. The average molecular weight is 350 g/mol. The molecule has 0 heterocycles. The molecule has 4 rings (SSSR count). The normalized spacial score (nSPS) is 11.9. The van der Waals surface area contributed by atoms with Crippen molar-refractivity contribution in [3.8, 4) is 11.1 Å². The van der Waals surface area contributed by atoms with Crippen LogP contribution in [0.5, 0.6) is 0 Å². The van der Waals surface area contributed by atoms with Crippen molar-refractivity contribution in [2.24, 2.45) is 0 Å². The van der Waals surface area contributed by atoms with E-state index in [1.165, 1.54) is 44.2 Å². The van der Waals surface area contributed by atoms with E-state index in [-0.39, 0.29) is 0 Å². The lowest BCUT2D eigenvalue weighted by molar-refractivity contribution is -0.681. The Hall–Kier alpha value is -3.16. The highest BCUT2D eigenvalue weighted by molar-refractivity contribution is 5.65. The molecule has 1 N–H and O–H groups in total. The van der Waals surface area contributed by atoms with Gasteiger partial charge in [-0.1, -0.05) is 65.7 Å². The monoisotopic (exact) mass is 350 g/mol. The van der Waals surface area contributed by atoms with Crippen LogP contribution in [0.15, 0.2) is 103 Å². The Morgan fingerprint density at radius 3 is 1.30 bits per heavy atom. The first kappa shape index (κ1) is 17.3. The van der Waals surface area contributed by atoms with Crippen molar-refractivity contribution in [2.75, 3.05) is 0 Å². The van der Waals surface area contributed by atoms with Crippen LogP contribution < -0.4 is 4.90 Å². The fourth-order valence-corrected chi connectivity index (χ4v) is 3.40. The third-order valence-corrected chi connectivity index (χ3v) is 4.96. The zero-order chi connectivity index (χ0) is 18.6. The maximum absolute atomic E-state index is 2.23. The lowest BCUT2D eigenvalue weighted by atomic mass is 10.0. The summed E-state index contributed by atoms with van der Waals surface area (Å²) in [7, 11) is 0. The van der Waals surface area contributed by atoms with E-state index >= 15 is 0 Å². The molecular formula is C26H24N+. The predicted molar refractivity (Wildman–Crippen MR) is 114 cm³/mol. The second kappa shape index (κ2) is 7.61. The van der Waals surface area contributed by atoms with Crippen molar-refractivity contribution in [3.63, 3.8) is 0 Å². The van der Waals surface area contributed by atoms with E-state index in [0.717, 1.165) is 0 Å². The summed E-state index contributed by atoms with van der Waals surface area (Å²) >= 11 is 0. The van der Waals surface area contributed by atoms with Gasteiger partial charge in [-0.2, -0.15) is 0 Å². The molecule has 0 aliphatic heterocycles. The molecule has 1 nitrogen and oxygen atoms in total. The van der Waals surface area contributed by atoms with Crippen LogP contribution in [0.1, 0.15) is 11.1 Å². The zero-order valence-electron chi connectivity index (χ0n) is 15.8. The zero-order valence-corrected chi connectivity index (χ0v) is 15.8. The van der Waals surface area contributed by atoms with E-state index in [0.29, 0.717) is 0 Å². The second-order valence-electron chi connectivity index (χ2n) is 7.05. The molecule has 0 bridgehead atoms. The van der Waals surface area contributed by atoms with E-state index in [9.17, 15) is 0 Å². The van der Waals surface area contributed by atoms with Gasteiger partial charge in [0.05, 0.1) is 0 Å². The van der Waals surface area contributed by atoms with Gasteiger partial charge in [0, 0.05) is 24.3 Å². The van der Waals surface area contributed by atoms with Gasteiger partial charge in [-0.15, -0.1) is 0 Å². The molecule has 0 saturated heterocycles. The Bertz CT molecular complexity index is 999. The van der Waals surface area contributed by atoms with Crippen LogP contribution in [0.2, 0.25) is 0 Å². The molecule has 0 spiro atoms. The highest BCUT2D eigenvalue weighted by Gasteiger charge is 2.18. The van der Waals surface area contributed by atoms with Crippen LogP contribution in [-0.4, -0.2) is 0 Å². The molecule has 0 amide bonds. The van der Waals surface area contributed by atoms with Gasteiger partial charge in [0.2, 0.25) is 0 Å². The lowest BCUT2D eigenvalue weighted by Crippen LogP contribution is -2.96. The first-order chi connectivity index (χ1) is 13.2. The summed E-state index contributed by atoms with van der Waals surface area (Å²) in [5.41, 5.74) is 8.79. The molecular weight excluding hydrogens is 326 g/mol. The topological polar surface area (TPSA) is 4.44 Å². The summed E-state index contributed by atoms with van der Waals surface area (Å²) in [5, 5.41) is 0. The highest BCUT2D eigenvalue weighted by Crippen LogP contribution is 2.23. The third-order valence-electron chi connectivity index (χ3n) is 4.96. The molecule has 4 aromatic carbocycles. The Labute approximate surface area is 161 Å². The van der Waals surface area contributed by atoms with Gasteiger partial charge in [0.15, 0.2) is 0 Å². The summed E-state index contributed by atoms with van der Waals surface area (Å²) in [6.07, 6.45) is 0. The SMILES string of the molecule is Cc1ccc(-c2ccc([NH+](c3ccccc3)c3ccc(C)cc3)cc2)cc1. The van der Waals surface area contributed by atoms with Crippen LogP contribution in [-0.2, 0) is 0 Å². The quantitative estimate of drug-likeness (QED) is 0.450. The number of aryl methyl sites for hydroxylation is 2. The van der Waals surface area contributed by atoms with Gasteiger partial charge in [-0.25, -0.2) is 4.90 Å². The molecule has 1 heteroatoms. The Kier molecular flexibility index (Phi) is 4.86. The van der Waals surface area contributed by atoms with Crippen molar-refractivity contribution in [1.82, 2.24) is 0 Å². The highest BCUT2D eigenvalue weighted by atomic mass is 15.1. The van der Waals surface area contributed by atoms with Crippen molar-refractivity contribution in [1.29, 1.82) is 0 Å². The first-order valence-electron chi connectivity index (χ1n) is 9.37. The number of hydrogen-bond donors (Lipinski definition) is 1. The Balaban J connectivity index is 1.74. The molecule has 0 saturated carbocycles. The largest absolute Gasteiger partial charge is 0.238 e. The lowest BCUT2D eigenvalue weighted by Gasteiger charge is -2.19. The number of nitrogens with one attached hydrogen (secondary N) is 1. The number of hydrogen-bond acceptors (Lipinski definition) is 0. The Morgan fingerprint density at radius 1 is 0.407 bits per heavy atom. The smallest absolute Gasteiger partial charge is 0.141 e. The summed E-state index contributed by atoms with van der Waals surface area (Å²) in [6, 6.07) is 37.0. The number of quaternary nitrogens is 1. The summed E-state index contributed by atoms with van der Waals surface area (Å²) < 4.78 is 0. The predicted octanol–water partition coefficient (Wildman–Crippen LogP) is 6.15. The van der Waals surface area contributed by atoms with Crippen LogP contribution in [0.3, 0.4) is 0 Å². The van der Waals surface area contributed by atoms with Crippen LogP contribution in [0, 0.1) is 13.8 Å².